The Morgan fingerprint density at radius 1 is 1.62 bits per heavy atom. The second-order valence-corrected chi connectivity index (χ2v) is 2.92. The Kier molecular flexibility index (Phi) is 2.72. The van der Waals surface area contributed by atoms with E-state index in [1.54, 1.807) is 0 Å². The van der Waals surface area contributed by atoms with E-state index in [0.29, 0.717) is 0 Å². The summed E-state index contributed by atoms with van der Waals surface area (Å²) in [6, 6.07) is -1.45. The van der Waals surface area contributed by atoms with Crippen molar-refractivity contribution in [3.63, 3.8) is 0 Å². The highest BCUT2D eigenvalue weighted by molar-refractivity contribution is 5.83. The van der Waals surface area contributed by atoms with Crippen LogP contribution in [0.25, 0.3) is 0 Å². The summed E-state index contributed by atoms with van der Waals surface area (Å²) < 4.78 is 4.46. The van der Waals surface area contributed by atoms with E-state index in [-0.39, 0.29) is 13.0 Å². The van der Waals surface area contributed by atoms with Gasteiger partial charge in [0.1, 0.15) is 6.04 Å². The van der Waals surface area contributed by atoms with Crippen molar-refractivity contribution in [1.82, 2.24) is 4.90 Å². The van der Waals surface area contributed by atoms with Crippen LogP contribution in [0.2, 0.25) is 0 Å². The van der Waals surface area contributed by atoms with E-state index in [2.05, 4.69) is 4.74 Å². The summed E-state index contributed by atoms with van der Waals surface area (Å²) in [6.45, 7) is 0.0924. The van der Waals surface area contributed by atoms with Crippen LogP contribution in [-0.4, -0.2) is 47.8 Å². The molecule has 0 saturated carbocycles. The van der Waals surface area contributed by atoms with Crippen molar-refractivity contribution in [1.29, 1.82) is 0 Å². The van der Waals surface area contributed by atoms with Crippen LogP contribution in [0.15, 0.2) is 0 Å². The number of β-amino-alcohol motifs (C(OH)–C–C–N with tert-alkyl or cyclic N) is 1. The number of aliphatic hydroxyl groups excluding tert-OH is 1. The van der Waals surface area contributed by atoms with Gasteiger partial charge >= 0.3 is 12.0 Å². The van der Waals surface area contributed by atoms with Gasteiger partial charge in [0.25, 0.3) is 0 Å². The molecule has 0 unspecified atom stereocenters. The SMILES string of the molecule is COC(=O)[C@@H]1C[C@H](O)CN1C(N)=O. The van der Waals surface area contributed by atoms with Crippen LogP contribution in [0.3, 0.4) is 0 Å². The molecule has 0 spiro atoms. The second kappa shape index (κ2) is 3.61. The first kappa shape index (κ1) is 9.79. The molecule has 2 amide bonds. The van der Waals surface area contributed by atoms with E-state index < -0.39 is 24.1 Å². The van der Waals surface area contributed by atoms with Gasteiger partial charge in [0.2, 0.25) is 0 Å². The minimum absolute atomic E-state index is 0.0924. The van der Waals surface area contributed by atoms with Gasteiger partial charge in [-0.2, -0.15) is 0 Å². The van der Waals surface area contributed by atoms with Gasteiger partial charge in [-0.25, -0.2) is 9.59 Å². The van der Waals surface area contributed by atoms with E-state index >= 15 is 0 Å². The Morgan fingerprint density at radius 3 is 2.69 bits per heavy atom. The number of likely N-dealkylation sites (tertiary alicyclic amines) is 1. The quantitative estimate of drug-likeness (QED) is 0.499. The molecule has 13 heavy (non-hydrogen) atoms. The van der Waals surface area contributed by atoms with Crippen LogP contribution in [0, 0.1) is 0 Å². The van der Waals surface area contributed by atoms with Gasteiger partial charge in [-0.1, -0.05) is 0 Å². The zero-order chi connectivity index (χ0) is 10.0. The molecule has 0 aromatic heterocycles. The van der Waals surface area contributed by atoms with Gasteiger partial charge in [-0.05, 0) is 0 Å². The molecule has 1 saturated heterocycles. The Hall–Kier alpha value is -1.30. The van der Waals surface area contributed by atoms with Crippen LogP contribution in [0.1, 0.15) is 6.42 Å². The fraction of sp³-hybridized carbons (Fsp3) is 0.714. The molecule has 2 atom stereocenters. The fourth-order valence-electron chi connectivity index (χ4n) is 1.42. The largest absolute Gasteiger partial charge is 0.467 e. The highest BCUT2D eigenvalue weighted by Gasteiger charge is 2.38. The Bertz CT molecular complexity index is 231. The van der Waals surface area contributed by atoms with Crippen LogP contribution in [-0.2, 0) is 9.53 Å². The lowest BCUT2D eigenvalue weighted by Crippen LogP contribution is -2.44. The molecule has 74 valence electrons. The summed E-state index contributed by atoms with van der Waals surface area (Å²) in [6.07, 6.45) is -0.508. The van der Waals surface area contributed by atoms with Crippen molar-refractivity contribution in [2.24, 2.45) is 5.73 Å². The molecular formula is C7H12N2O4. The van der Waals surface area contributed by atoms with E-state index in [4.69, 9.17) is 5.73 Å². The molecule has 6 heteroatoms. The van der Waals surface area contributed by atoms with E-state index in [0.717, 1.165) is 4.90 Å². The number of nitrogens with zero attached hydrogens (tertiary/aromatic N) is 1. The maximum atomic E-state index is 11.1. The molecule has 1 aliphatic rings. The van der Waals surface area contributed by atoms with Crippen molar-refractivity contribution in [2.45, 2.75) is 18.6 Å². The molecule has 0 radical (unpaired) electrons. The normalized spacial score (nSPS) is 27.4. The third-order valence-corrected chi connectivity index (χ3v) is 2.04. The van der Waals surface area contributed by atoms with Gasteiger partial charge < -0.3 is 20.5 Å². The summed E-state index contributed by atoms with van der Waals surface area (Å²) in [5, 5.41) is 9.21. The Balaban J connectivity index is 2.71. The Morgan fingerprint density at radius 2 is 2.23 bits per heavy atom. The molecule has 1 heterocycles. The number of primary amides is 1. The predicted octanol–water partition coefficient (Wildman–Crippen LogP) is -1.33. The monoisotopic (exact) mass is 188 g/mol. The number of aliphatic hydroxyl groups is 1. The van der Waals surface area contributed by atoms with Crippen molar-refractivity contribution < 1.29 is 19.4 Å². The fourth-order valence-corrected chi connectivity index (χ4v) is 1.42. The standard InChI is InChI=1S/C7H12N2O4/c1-13-6(11)5-2-4(10)3-9(5)7(8)12/h4-5,10H,2-3H2,1H3,(H2,8,12)/t4-,5-/m0/s1. The summed E-state index contributed by atoms with van der Waals surface area (Å²) in [4.78, 5) is 23.0. The number of ether oxygens (including phenoxy) is 1. The molecule has 0 aromatic rings. The predicted molar refractivity (Wildman–Crippen MR) is 42.7 cm³/mol. The molecule has 3 N–H and O–H groups in total. The second-order valence-electron chi connectivity index (χ2n) is 2.92. The van der Waals surface area contributed by atoms with Crippen molar-refractivity contribution >= 4 is 12.0 Å². The van der Waals surface area contributed by atoms with Crippen LogP contribution >= 0.6 is 0 Å². The van der Waals surface area contributed by atoms with Gasteiger partial charge in [0, 0.05) is 13.0 Å². The lowest BCUT2D eigenvalue weighted by Gasteiger charge is -2.19. The van der Waals surface area contributed by atoms with Crippen molar-refractivity contribution in [3.05, 3.63) is 0 Å². The number of methoxy groups -OCH3 is 1. The van der Waals surface area contributed by atoms with Gasteiger partial charge in [-0.15, -0.1) is 0 Å². The molecular weight excluding hydrogens is 176 g/mol. The molecule has 0 aliphatic carbocycles. The first-order chi connectivity index (χ1) is 6.06. The zero-order valence-corrected chi connectivity index (χ0v) is 7.27. The molecule has 6 nitrogen and oxygen atoms in total. The maximum Gasteiger partial charge on any atom is 0.328 e. The number of esters is 1. The number of hydrogen-bond acceptors (Lipinski definition) is 4. The molecule has 1 fully saturated rings. The average Bonchev–Trinajstić information content (AvgIpc) is 2.46. The number of carbonyl (C=O) groups is 2. The van der Waals surface area contributed by atoms with Gasteiger partial charge in [0.15, 0.2) is 0 Å². The zero-order valence-electron chi connectivity index (χ0n) is 7.27. The lowest BCUT2D eigenvalue weighted by molar-refractivity contribution is -0.145. The molecule has 1 aliphatic heterocycles. The van der Waals surface area contributed by atoms with Crippen LogP contribution < -0.4 is 5.73 Å². The molecule has 0 aromatic carbocycles. The van der Waals surface area contributed by atoms with Crippen LogP contribution in [0.5, 0.6) is 0 Å². The smallest absolute Gasteiger partial charge is 0.328 e. The topological polar surface area (TPSA) is 92.9 Å². The number of urea groups is 1. The summed E-state index contributed by atoms with van der Waals surface area (Å²) in [7, 11) is 1.23. The van der Waals surface area contributed by atoms with Gasteiger partial charge in [-0.3, -0.25) is 0 Å². The maximum absolute atomic E-state index is 11.1. The summed E-state index contributed by atoms with van der Waals surface area (Å²) >= 11 is 0. The number of nitrogens with two attached hydrogens (primary N) is 1. The number of hydrogen-bond donors (Lipinski definition) is 2. The highest BCUT2D eigenvalue weighted by atomic mass is 16.5. The van der Waals surface area contributed by atoms with Crippen molar-refractivity contribution in [2.75, 3.05) is 13.7 Å². The first-order valence-electron chi connectivity index (χ1n) is 3.88. The number of amides is 2. The Labute approximate surface area is 75.3 Å². The minimum Gasteiger partial charge on any atom is -0.467 e. The summed E-state index contributed by atoms with van der Waals surface area (Å²) in [5.74, 6) is -0.546. The lowest BCUT2D eigenvalue weighted by atomic mass is 10.2. The third-order valence-electron chi connectivity index (χ3n) is 2.04. The van der Waals surface area contributed by atoms with Gasteiger partial charge in [0.05, 0.1) is 13.2 Å². The minimum atomic E-state index is -0.738. The van der Waals surface area contributed by atoms with Crippen molar-refractivity contribution in [3.8, 4) is 0 Å². The van der Waals surface area contributed by atoms with Crippen LogP contribution in [0.4, 0.5) is 4.79 Å². The first-order valence-corrected chi connectivity index (χ1v) is 3.88. The number of rotatable bonds is 1. The van der Waals surface area contributed by atoms with E-state index in [1.807, 2.05) is 0 Å². The van der Waals surface area contributed by atoms with E-state index in [1.165, 1.54) is 7.11 Å². The highest BCUT2D eigenvalue weighted by Crippen LogP contribution is 2.18. The van der Waals surface area contributed by atoms with E-state index in [9.17, 15) is 14.7 Å². The molecule has 1 rings (SSSR count). The molecule has 0 bridgehead atoms. The average molecular weight is 188 g/mol. The number of carbonyl (C=O) groups excluding carboxylic acids is 2. The third kappa shape index (κ3) is 1.89. The summed E-state index contributed by atoms with van der Waals surface area (Å²) in [5.41, 5.74) is 5.01.